The number of hydrogen-bond donors (Lipinski definition) is 0. The van der Waals surface area contributed by atoms with Crippen molar-refractivity contribution in [2.45, 2.75) is 31.6 Å². The molecule has 1 aliphatic rings. The maximum absolute atomic E-state index is 12.9. The van der Waals surface area contributed by atoms with Crippen LogP contribution >= 0.6 is 11.6 Å². The van der Waals surface area contributed by atoms with Crippen LogP contribution < -0.4 is 10.3 Å². The lowest BCUT2D eigenvalue weighted by Crippen LogP contribution is -2.29. The van der Waals surface area contributed by atoms with Gasteiger partial charge in [0.2, 0.25) is 0 Å². The Hall–Kier alpha value is -1.93. The molecule has 0 atom stereocenters. The Bertz CT molecular complexity index is 1020. The second-order valence-corrected chi connectivity index (χ2v) is 9.39. The highest BCUT2D eigenvalue weighted by atomic mass is 35.5. The van der Waals surface area contributed by atoms with Crippen LogP contribution in [0.5, 0.6) is 5.88 Å². The molecule has 3 rings (SSSR count). The van der Waals surface area contributed by atoms with Crippen molar-refractivity contribution in [1.82, 2.24) is 14.8 Å². The molecule has 1 fully saturated rings. The average Bonchev–Trinajstić information content (AvgIpc) is 2.63. The third-order valence-corrected chi connectivity index (χ3v) is 6.88. The summed E-state index contributed by atoms with van der Waals surface area (Å²) in [5.41, 5.74) is 0.866. The molecule has 0 amide bonds. The number of ether oxygens (including phenoxy) is 1. The van der Waals surface area contributed by atoms with E-state index in [2.05, 4.69) is 16.8 Å². The zero-order valence-electron chi connectivity index (χ0n) is 15.1. The SMILES string of the molecule is C=CCCCOc1nnc(Cl)c2cc(C3CCS(=O)(=O)CC3)c(=O)n(C)c12. The van der Waals surface area contributed by atoms with Gasteiger partial charge < -0.3 is 9.30 Å². The monoisotopic (exact) mass is 411 g/mol. The lowest BCUT2D eigenvalue weighted by molar-refractivity contribution is 0.299. The summed E-state index contributed by atoms with van der Waals surface area (Å²) in [4.78, 5) is 12.9. The second-order valence-electron chi connectivity index (χ2n) is 6.73. The third kappa shape index (κ3) is 4.16. The number of allylic oxidation sites excluding steroid dienone is 1. The van der Waals surface area contributed by atoms with Gasteiger partial charge in [0.15, 0.2) is 5.15 Å². The molecule has 0 N–H and O–H groups in total. The first-order valence-corrected chi connectivity index (χ1v) is 11.0. The molecule has 0 radical (unpaired) electrons. The maximum Gasteiger partial charge on any atom is 0.258 e. The van der Waals surface area contributed by atoms with Gasteiger partial charge in [-0.15, -0.1) is 16.8 Å². The number of aromatic nitrogens is 3. The van der Waals surface area contributed by atoms with Gasteiger partial charge in [0.1, 0.15) is 15.4 Å². The fourth-order valence-corrected chi connectivity index (χ4v) is 5.03. The van der Waals surface area contributed by atoms with Crippen molar-refractivity contribution in [3.05, 3.63) is 39.8 Å². The van der Waals surface area contributed by atoms with E-state index in [1.807, 2.05) is 0 Å². The van der Waals surface area contributed by atoms with Crippen LogP contribution in [0, 0.1) is 0 Å². The van der Waals surface area contributed by atoms with Crippen LogP contribution in [0.4, 0.5) is 0 Å². The summed E-state index contributed by atoms with van der Waals surface area (Å²) >= 11 is 6.24. The molecule has 1 saturated heterocycles. The van der Waals surface area contributed by atoms with Crippen molar-refractivity contribution in [2.24, 2.45) is 7.05 Å². The maximum atomic E-state index is 12.9. The van der Waals surface area contributed by atoms with Crippen LogP contribution in [0.25, 0.3) is 10.9 Å². The minimum atomic E-state index is -3.00. The molecule has 7 nitrogen and oxygen atoms in total. The number of rotatable bonds is 6. The van der Waals surface area contributed by atoms with Gasteiger partial charge in [-0.3, -0.25) is 4.79 Å². The van der Waals surface area contributed by atoms with Crippen molar-refractivity contribution in [3.8, 4) is 5.88 Å². The number of aryl methyl sites for hydroxylation is 1. The summed E-state index contributed by atoms with van der Waals surface area (Å²) in [5.74, 6) is 0.339. The minimum Gasteiger partial charge on any atom is -0.475 e. The van der Waals surface area contributed by atoms with Gasteiger partial charge in [0.05, 0.1) is 18.1 Å². The van der Waals surface area contributed by atoms with Gasteiger partial charge in [-0.05, 0) is 37.7 Å². The molecular formula is C18H22ClN3O4S. The number of fused-ring (bicyclic) bond motifs is 1. The smallest absolute Gasteiger partial charge is 0.258 e. The summed E-state index contributed by atoms with van der Waals surface area (Å²) < 4.78 is 30.6. The van der Waals surface area contributed by atoms with E-state index in [-0.39, 0.29) is 34.0 Å². The number of unbranched alkanes of at least 4 members (excludes halogenated alkanes) is 1. The van der Waals surface area contributed by atoms with E-state index < -0.39 is 9.84 Å². The van der Waals surface area contributed by atoms with Gasteiger partial charge in [-0.2, -0.15) is 0 Å². The summed E-state index contributed by atoms with van der Waals surface area (Å²) in [7, 11) is -1.36. The highest BCUT2D eigenvalue weighted by Crippen LogP contribution is 2.32. The Morgan fingerprint density at radius 2 is 2.07 bits per heavy atom. The molecule has 0 aromatic carbocycles. The van der Waals surface area contributed by atoms with Crippen LogP contribution in [0.2, 0.25) is 5.15 Å². The number of hydrogen-bond acceptors (Lipinski definition) is 6. The molecule has 27 heavy (non-hydrogen) atoms. The number of pyridine rings is 1. The predicted octanol–water partition coefficient (Wildman–Crippen LogP) is 2.62. The molecular weight excluding hydrogens is 390 g/mol. The normalized spacial score (nSPS) is 17.1. The molecule has 0 bridgehead atoms. The topological polar surface area (TPSA) is 91.2 Å². The Morgan fingerprint density at radius 3 is 2.74 bits per heavy atom. The van der Waals surface area contributed by atoms with Crippen molar-refractivity contribution >= 4 is 32.3 Å². The summed E-state index contributed by atoms with van der Waals surface area (Å²) in [6, 6.07) is 1.72. The van der Waals surface area contributed by atoms with E-state index >= 15 is 0 Å². The molecule has 146 valence electrons. The average molecular weight is 412 g/mol. The van der Waals surface area contributed by atoms with E-state index in [4.69, 9.17) is 16.3 Å². The largest absolute Gasteiger partial charge is 0.475 e. The van der Waals surface area contributed by atoms with Gasteiger partial charge in [-0.25, -0.2) is 8.42 Å². The number of nitrogens with zero attached hydrogens (tertiary/aromatic N) is 3. The molecule has 0 unspecified atom stereocenters. The van der Waals surface area contributed by atoms with Crippen LogP contribution in [0.15, 0.2) is 23.5 Å². The van der Waals surface area contributed by atoms with Crippen LogP contribution in [-0.2, 0) is 16.9 Å². The van der Waals surface area contributed by atoms with E-state index in [0.717, 1.165) is 12.8 Å². The van der Waals surface area contributed by atoms with Gasteiger partial charge in [-0.1, -0.05) is 17.7 Å². The van der Waals surface area contributed by atoms with Gasteiger partial charge in [0.25, 0.3) is 11.4 Å². The van der Waals surface area contributed by atoms with Crippen LogP contribution in [0.1, 0.15) is 37.2 Å². The van der Waals surface area contributed by atoms with E-state index in [1.165, 1.54) is 4.57 Å². The second kappa shape index (κ2) is 7.98. The Morgan fingerprint density at radius 1 is 1.37 bits per heavy atom. The molecule has 0 saturated carbocycles. The summed E-state index contributed by atoms with van der Waals surface area (Å²) in [6.45, 7) is 4.10. The lowest BCUT2D eigenvalue weighted by atomic mass is 9.93. The molecule has 3 heterocycles. The van der Waals surface area contributed by atoms with Crippen molar-refractivity contribution < 1.29 is 13.2 Å². The quantitative estimate of drug-likeness (QED) is 0.536. The first kappa shape index (κ1) is 19.8. The third-order valence-electron chi connectivity index (χ3n) is 4.88. The first-order chi connectivity index (χ1) is 12.8. The Labute approximate surface area is 162 Å². The Balaban J connectivity index is 2.02. The standard InChI is InChI=1S/C18H22ClN3O4S/c1-3-4-5-8-26-17-15-14(16(19)20-21-17)11-13(18(23)22(15)2)12-6-9-27(24,25)10-7-12/h3,11-12H,1,4-10H2,2H3. The first-order valence-electron chi connectivity index (χ1n) is 8.84. The zero-order chi connectivity index (χ0) is 19.6. The van der Waals surface area contributed by atoms with Crippen molar-refractivity contribution in [2.75, 3.05) is 18.1 Å². The zero-order valence-corrected chi connectivity index (χ0v) is 16.7. The highest BCUT2D eigenvalue weighted by Gasteiger charge is 2.28. The molecule has 2 aromatic heterocycles. The highest BCUT2D eigenvalue weighted by molar-refractivity contribution is 7.91. The van der Waals surface area contributed by atoms with Crippen LogP contribution in [-0.4, -0.2) is 41.3 Å². The minimum absolute atomic E-state index is 0.0961. The number of halogens is 1. The fourth-order valence-electron chi connectivity index (χ4n) is 3.36. The van der Waals surface area contributed by atoms with Crippen molar-refractivity contribution in [3.63, 3.8) is 0 Å². The van der Waals surface area contributed by atoms with Gasteiger partial charge >= 0.3 is 0 Å². The summed E-state index contributed by atoms with van der Waals surface area (Å²) in [5, 5.41) is 8.71. The van der Waals surface area contributed by atoms with E-state index in [1.54, 1.807) is 19.2 Å². The Kier molecular flexibility index (Phi) is 5.86. The van der Waals surface area contributed by atoms with Gasteiger partial charge in [0, 0.05) is 18.0 Å². The van der Waals surface area contributed by atoms with E-state index in [0.29, 0.717) is 35.9 Å². The molecule has 2 aromatic rings. The molecule has 1 aliphatic heterocycles. The molecule has 9 heteroatoms. The van der Waals surface area contributed by atoms with Crippen molar-refractivity contribution in [1.29, 1.82) is 0 Å². The number of sulfone groups is 1. The summed E-state index contributed by atoms with van der Waals surface area (Å²) in [6.07, 6.45) is 4.26. The predicted molar refractivity (Wildman–Crippen MR) is 105 cm³/mol. The van der Waals surface area contributed by atoms with E-state index in [9.17, 15) is 13.2 Å². The van der Waals surface area contributed by atoms with Crippen LogP contribution in [0.3, 0.4) is 0 Å². The lowest BCUT2D eigenvalue weighted by Gasteiger charge is -2.23. The fraction of sp³-hybridized carbons (Fsp3) is 0.500. The molecule has 0 aliphatic carbocycles. The molecule has 0 spiro atoms.